The van der Waals surface area contributed by atoms with Crippen LogP contribution in [0.25, 0.3) is 0 Å². The molecule has 0 aliphatic rings. The van der Waals surface area contributed by atoms with Gasteiger partial charge in [-0.05, 0) is 97.1 Å². The van der Waals surface area contributed by atoms with E-state index >= 15 is 0 Å². The molecule has 0 bridgehead atoms. The molecule has 314 valence electrons. The lowest BCUT2D eigenvalue weighted by Gasteiger charge is -2.17. The Morgan fingerprint density at radius 1 is 0.639 bits per heavy atom. The van der Waals surface area contributed by atoms with Gasteiger partial charge in [-0.15, -0.1) is 0 Å². The molecule has 0 saturated carbocycles. The van der Waals surface area contributed by atoms with Gasteiger partial charge in [0.2, 0.25) is 5.91 Å². The molecule has 0 aliphatic carbocycles. The molecule has 19 nitrogen and oxygen atoms in total. The van der Waals surface area contributed by atoms with E-state index in [9.17, 15) is 53.0 Å². The van der Waals surface area contributed by atoms with E-state index < -0.39 is 69.1 Å². The molecular weight excluding hydrogens is 817 g/mol. The number of benzene rings is 5. The number of ether oxygens (including phenoxy) is 3. The second-order valence-electron chi connectivity index (χ2n) is 12.6. The van der Waals surface area contributed by atoms with Gasteiger partial charge in [-0.2, -0.15) is 5.26 Å². The van der Waals surface area contributed by atoms with Gasteiger partial charge in [-0.25, -0.2) is 13.2 Å². The molecule has 4 amide bonds. The van der Waals surface area contributed by atoms with Gasteiger partial charge >= 0.3 is 5.97 Å². The van der Waals surface area contributed by atoms with Crippen molar-refractivity contribution in [2.45, 2.75) is 17.4 Å². The van der Waals surface area contributed by atoms with Crippen LogP contribution in [0.5, 0.6) is 28.7 Å². The van der Waals surface area contributed by atoms with Crippen molar-refractivity contribution < 1.29 is 61.9 Å². The summed E-state index contributed by atoms with van der Waals surface area (Å²) < 4.78 is 43.3. The van der Waals surface area contributed by atoms with E-state index in [-0.39, 0.29) is 55.8 Å². The van der Waals surface area contributed by atoms with Crippen molar-refractivity contribution in [3.05, 3.63) is 119 Å². The predicted octanol–water partition coefficient (Wildman–Crippen LogP) is 4.78. The van der Waals surface area contributed by atoms with Crippen LogP contribution in [0.4, 0.5) is 22.7 Å². The summed E-state index contributed by atoms with van der Waals surface area (Å²) >= 11 is 0. The van der Waals surface area contributed by atoms with Gasteiger partial charge < -0.3 is 50.8 Å². The Bertz CT molecular complexity index is 2650. The summed E-state index contributed by atoms with van der Waals surface area (Å²) in [4.78, 5) is 63.8. The number of amides is 4. The number of nitriles is 1. The molecule has 0 heterocycles. The lowest BCUT2D eigenvalue weighted by atomic mass is 10.1. The highest BCUT2D eigenvalue weighted by atomic mass is 32.2. The summed E-state index contributed by atoms with van der Waals surface area (Å²) in [5, 5.41) is 49.8. The largest absolute Gasteiger partial charge is 0.504 e. The molecule has 0 saturated heterocycles. The van der Waals surface area contributed by atoms with Gasteiger partial charge in [0.15, 0.2) is 23.0 Å². The Morgan fingerprint density at radius 2 is 1.15 bits per heavy atom. The quantitative estimate of drug-likeness (QED) is 0.0663. The smallest absolute Gasteiger partial charge is 0.339 e. The van der Waals surface area contributed by atoms with Gasteiger partial charge in [-0.3, -0.25) is 23.9 Å². The first-order valence-electron chi connectivity index (χ1n) is 17.6. The van der Waals surface area contributed by atoms with Crippen LogP contribution in [0.3, 0.4) is 0 Å². The van der Waals surface area contributed by atoms with Crippen molar-refractivity contribution in [3.8, 4) is 34.8 Å². The predicted molar refractivity (Wildman–Crippen MR) is 219 cm³/mol. The summed E-state index contributed by atoms with van der Waals surface area (Å²) in [5.74, 6) is -5.99. The zero-order chi connectivity index (χ0) is 44.4. The van der Waals surface area contributed by atoms with E-state index in [0.717, 1.165) is 13.2 Å². The molecule has 5 rings (SSSR count). The van der Waals surface area contributed by atoms with Crippen LogP contribution in [0.15, 0.2) is 102 Å². The first-order chi connectivity index (χ1) is 29.1. The molecule has 0 aromatic heterocycles. The lowest BCUT2D eigenvalue weighted by Crippen LogP contribution is -2.43. The van der Waals surface area contributed by atoms with Crippen LogP contribution in [0.2, 0.25) is 0 Å². The average molecular weight is 853 g/mol. The van der Waals surface area contributed by atoms with E-state index in [1.807, 2.05) is 6.07 Å². The molecule has 1 atom stereocenters. The van der Waals surface area contributed by atoms with Crippen molar-refractivity contribution >= 4 is 62.4 Å². The minimum atomic E-state index is -3.95. The van der Waals surface area contributed by atoms with E-state index in [0.29, 0.717) is 5.75 Å². The Morgan fingerprint density at radius 3 is 1.67 bits per heavy atom. The number of nitrogens with one attached hydrogen (secondary N) is 5. The third-order valence-electron chi connectivity index (χ3n) is 8.74. The SMILES string of the molecule is COc1ccc(S(=O)(=O)Nc2ccc(C(=O)N[C@@H](CC#N)C(=O)Nc3ccc(C(=O)Nc4ccc(C(=O)Nc5ccc(C(=O)O)c(O)c5OC)c(O)c4OC)cc3)cc2)cc1. The lowest BCUT2D eigenvalue weighted by molar-refractivity contribution is -0.117. The zero-order valence-corrected chi connectivity index (χ0v) is 33.1. The van der Waals surface area contributed by atoms with Crippen LogP contribution in [0, 0.1) is 11.3 Å². The number of methoxy groups -OCH3 is 3. The number of carbonyl (C=O) groups is 5. The molecule has 20 heteroatoms. The fourth-order valence-corrected chi connectivity index (χ4v) is 6.69. The maximum absolute atomic E-state index is 13.2. The summed E-state index contributed by atoms with van der Waals surface area (Å²) in [7, 11) is -0.154. The van der Waals surface area contributed by atoms with Crippen molar-refractivity contribution in [3.63, 3.8) is 0 Å². The number of carboxylic acids is 1. The minimum Gasteiger partial charge on any atom is -0.504 e. The molecular formula is C41H36N6O13S. The third kappa shape index (κ3) is 10.2. The van der Waals surface area contributed by atoms with Crippen LogP contribution in [-0.2, 0) is 14.8 Å². The van der Waals surface area contributed by atoms with Gasteiger partial charge in [0.25, 0.3) is 27.7 Å². The van der Waals surface area contributed by atoms with E-state index in [1.165, 1.54) is 105 Å². The van der Waals surface area contributed by atoms with Crippen molar-refractivity contribution in [1.82, 2.24) is 5.32 Å². The Balaban J connectivity index is 1.20. The highest BCUT2D eigenvalue weighted by molar-refractivity contribution is 7.92. The summed E-state index contributed by atoms with van der Waals surface area (Å²) in [6.07, 6.45) is -0.398. The first-order valence-corrected chi connectivity index (χ1v) is 19.1. The van der Waals surface area contributed by atoms with Gasteiger partial charge in [0.1, 0.15) is 17.4 Å². The van der Waals surface area contributed by atoms with Crippen LogP contribution >= 0.6 is 0 Å². The fourth-order valence-electron chi connectivity index (χ4n) is 5.63. The molecule has 0 unspecified atom stereocenters. The molecule has 5 aromatic rings. The highest BCUT2D eigenvalue weighted by Gasteiger charge is 2.25. The highest BCUT2D eigenvalue weighted by Crippen LogP contribution is 2.40. The maximum Gasteiger partial charge on any atom is 0.339 e. The summed E-state index contributed by atoms with van der Waals surface area (Å²) in [6, 6.07) is 21.9. The number of hydrogen-bond donors (Lipinski definition) is 8. The van der Waals surface area contributed by atoms with E-state index in [2.05, 4.69) is 26.0 Å². The number of phenols is 2. The number of sulfonamides is 1. The Labute approximate surface area is 347 Å². The molecule has 8 N–H and O–H groups in total. The zero-order valence-electron chi connectivity index (χ0n) is 32.3. The Hall–Kier alpha value is -8.31. The number of nitrogens with zero attached hydrogens (tertiary/aromatic N) is 1. The van der Waals surface area contributed by atoms with Crippen molar-refractivity contribution in [2.75, 3.05) is 42.0 Å². The van der Waals surface area contributed by atoms with Crippen LogP contribution < -0.4 is 40.2 Å². The number of hydrogen-bond acceptors (Lipinski definition) is 13. The molecule has 0 aliphatic heterocycles. The number of aromatic carboxylic acids is 1. The van der Waals surface area contributed by atoms with E-state index in [4.69, 9.17) is 14.2 Å². The number of carbonyl (C=O) groups excluding carboxylic acids is 4. The minimum absolute atomic E-state index is 0.00945. The second-order valence-corrected chi connectivity index (χ2v) is 14.3. The van der Waals surface area contributed by atoms with Crippen molar-refractivity contribution in [2.24, 2.45) is 0 Å². The molecule has 5 aromatic carbocycles. The van der Waals surface area contributed by atoms with Crippen LogP contribution in [0.1, 0.15) is 47.9 Å². The van der Waals surface area contributed by atoms with Gasteiger partial charge in [0, 0.05) is 22.5 Å². The number of anilines is 4. The van der Waals surface area contributed by atoms with E-state index in [1.54, 1.807) is 0 Å². The fraction of sp³-hybridized carbons (Fsp3) is 0.122. The van der Waals surface area contributed by atoms with Crippen LogP contribution in [-0.4, -0.2) is 80.7 Å². The second kappa shape index (κ2) is 19.0. The summed E-state index contributed by atoms with van der Waals surface area (Å²) in [6.45, 7) is 0. The van der Waals surface area contributed by atoms with Crippen molar-refractivity contribution in [1.29, 1.82) is 5.26 Å². The monoisotopic (exact) mass is 852 g/mol. The molecule has 0 radical (unpaired) electrons. The Kier molecular flexibility index (Phi) is 13.6. The normalized spacial score (nSPS) is 11.2. The summed E-state index contributed by atoms with van der Waals surface area (Å²) in [5.41, 5.74) is -0.364. The maximum atomic E-state index is 13.2. The number of rotatable bonds is 16. The first kappa shape index (κ1) is 43.8. The van der Waals surface area contributed by atoms with Gasteiger partial charge in [0.05, 0.1) is 55.7 Å². The molecule has 0 spiro atoms. The molecule has 0 fully saturated rings. The molecule has 61 heavy (non-hydrogen) atoms. The number of phenolic OH excluding ortho intramolecular Hbond substituents is 1. The van der Waals surface area contributed by atoms with Gasteiger partial charge in [-0.1, -0.05) is 0 Å². The standard InChI is InChI=1S/C41H36N6O13S/c1-58-26-12-14-27(15-13-26)61(56,57)47-25-10-6-23(7-11-25)38(51)46-32(20-21-42)40(53)43-24-8-4-22(5-9-24)37(50)44-30-18-16-28(33(48)35(30)59-2)39(52)45-31-19-17-29(41(54)55)34(49)36(31)60-3/h4-19,32,47-49H,20H2,1-3H3,(H,43,53)(H,44,50)(H,45,52)(H,46,51)(H,54,55)/t32-/m0/s1. The topological polar surface area (TPSA) is 292 Å². The third-order valence-corrected chi connectivity index (χ3v) is 10.1. The number of carboxylic acid groups (broad SMARTS) is 1. The average Bonchev–Trinajstić information content (AvgIpc) is 3.24. The number of aromatic hydroxyl groups is 2.